The fraction of sp³-hybridized carbons (Fsp3) is 0.269. The Morgan fingerprint density at radius 2 is 1.85 bits per heavy atom. The zero-order chi connectivity index (χ0) is 23.4. The van der Waals surface area contributed by atoms with Crippen LogP contribution < -0.4 is 10.9 Å². The van der Waals surface area contributed by atoms with E-state index in [2.05, 4.69) is 31.3 Å². The van der Waals surface area contributed by atoms with Crippen LogP contribution in [0.3, 0.4) is 0 Å². The summed E-state index contributed by atoms with van der Waals surface area (Å²) in [6.45, 7) is 6.46. The maximum atomic E-state index is 13.5. The molecule has 2 aromatic carbocycles. The quantitative estimate of drug-likeness (QED) is 0.285. The van der Waals surface area contributed by atoms with E-state index < -0.39 is 5.25 Å². The minimum atomic E-state index is -0.460. The van der Waals surface area contributed by atoms with Crippen LogP contribution in [-0.4, -0.2) is 20.7 Å². The fourth-order valence-corrected chi connectivity index (χ4v) is 4.50. The summed E-state index contributed by atoms with van der Waals surface area (Å²) in [4.78, 5) is 30.9. The number of carbonyl (C=O) groups excluding carboxylic acids is 1. The monoisotopic (exact) mass is 461 g/mol. The number of hydrogen-bond donors (Lipinski definition) is 1. The minimum Gasteiger partial charge on any atom is -0.467 e. The fourth-order valence-electron chi connectivity index (χ4n) is 3.55. The van der Waals surface area contributed by atoms with E-state index in [9.17, 15) is 9.59 Å². The van der Waals surface area contributed by atoms with Crippen molar-refractivity contribution in [2.24, 2.45) is 0 Å². The standard InChI is InChI=1S/C26H27N3O3S/c1-4-17(2)19-11-13-20(14-12-19)29-25(31)22-9-5-6-10-23(22)28-26(29)33-18(3)24(30)27-16-21-8-7-15-32-21/h5-15,17-18H,4,16H2,1-3H3,(H,27,30). The predicted molar refractivity (Wildman–Crippen MR) is 132 cm³/mol. The number of nitrogens with zero attached hydrogens (tertiary/aromatic N) is 2. The number of thioether (sulfide) groups is 1. The van der Waals surface area contributed by atoms with Gasteiger partial charge >= 0.3 is 0 Å². The minimum absolute atomic E-state index is 0.150. The van der Waals surface area contributed by atoms with Crippen molar-refractivity contribution in [3.8, 4) is 5.69 Å². The van der Waals surface area contributed by atoms with Crippen LogP contribution in [0.15, 0.2) is 81.3 Å². The smallest absolute Gasteiger partial charge is 0.266 e. The summed E-state index contributed by atoms with van der Waals surface area (Å²) in [5.41, 5.74) is 2.42. The molecule has 1 amide bonds. The van der Waals surface area contributed by atoms with Crippen LogP contribution in [0, 0.1) is 0 Å². The first-order chi connectivity index (χ1) is 16.0. The van der Waals surface area contributed by atoms with Crippen molar-refractivity contribution in [1.29, 1.82) is 0 Å². The first-order valence-corrected chi connectivity index (χ1v) is 11.9. The zero-order valence-electron chi connectivity index (χ0n) is 18.9. The van der Waals surface area contributed by atoms with Gasteiger partial charge in [0.25, 0.3) is 5.56 Å². The highest BCUT2D eigenvalue weighted by Crippen LogP contribution is 2.26. The number of nitrogens with one attached hydrogen (secondary N) is 1. The molecular formula is C26H27N3O3S. The van der Waals surface area contributed by atoms with Crippen LogP contribution in [0.2, 0.25) is 0 Å². The molecule has 2 heterocycles. The molecule has 0 saturated carbocycles. The summed E-state index contributed by atoms with van der Waals surface area (Å²) >= 11 is 1.26. The summed E-state index contributed by atoms with van der Waals surface area (Å²) < 4.78 is 6.88. The van der Waals surface area contributed by atoms with Crippen molar-refractivity contribution in [2.45, 2.75) is 50.1 Å². The Labute approximate surface area is 197 Å². The molecule has 2 atom stereocenters. The Hall–Kier alpha value is -3.32. The van der Waals surface area contributed by atoms with E-state index in [1.54, 1.807) is 29.9 Å². The second-order valence-electron chi connectivity index (χ2n) is 8.01. The number of carbonyl (C=O) groups is 1. The Kier molecular flexibility index (Phi) is 6.99. The molecule has 33 heavy (non-hydrogen) atoms. The van der Waals surface area contributed by atoms with E-state index in [4.69, 9.17) is 9.40 Å². The molecule has 0 bridgehead atoms. The number of rotatable bonds is 8. The molecule has 2 aromatic heterocycles. The summed E-state index contributed by atoms with van der Waals surface area (Å²) in [6, 6.07) is 18.9. The number of furan rings is 1. The summed E-state index contributed by atoms with van der Waals surface area (Å²) in [5.74, 6) is 0.970. The molecule has 4 rings (SSSR count). The summed E-state index contributed by atoms with van der Waals surface area (Å²) in [6.07, 6.45) is 2.62. The van der Waals surface area contributed by atoms with Crippen molar-refractivity contribution in [3.63, 3.8) is 0 Å². The molecule has 0 aliphatic heterocycles. The molecule has 0 spiro atoms. The van der Waals surface area contributed by atoms with Crippen LogP contribution >= 0.6 is 11.8 Å². The first-order valence-electron chi connectivity index (χ1n) is 11.1. The molecule has 0 radical (unpaired) electrons. The first kappa shape index (κ1) is 22.9. The van der Waals surface area contributed by atoms with Crippen molar-refractivity contribution >= 4 is 28.6 Å². The second-order valence-corrected chi connectivity index (χ2v) is 9.32. The third-order valence-electron chi connectivity index (χ3n) is 5.75. The molecule has 0 fully saturated rings. The van der Waals surface area contributed by atoms with E-state index in [1.165, 1.54) is 17.3 Å². The van der Waals surface area contributed by atoms with Gasteiger partial charge in [0.15, 0.2) is 5.16 Å². The Morgan fingerprint density at radius 1 is 1.09 bits per heavy atom. The average molecular weight is 462 g/mol. The Bertz CT molecular complexity index is 1300. The van der Waals surface area contributed by atoms with Gasteiger partial charge in [0.05, 0.1) is 34.6 Å². The Balaban J connectivity index is 1.67. The largest absolute Gasteiger partial charge is 0.467 e. The lowest BCUT2D eigenvalue weighted by atomic mass is 9.98. The molecular weight excluding hydrogens is 434 g/mol. The molecule has 0 saturated heterocycles. The summed E-state index contributed by atoms with van der Waals surface area (Å²) in [5, 5.41) is 3.44. The molecule has 2 unspecified atom stereocenters. The number of para-hydroxylation sites is 1. The van der Waals surface area contributed by atoms with Crippen LogP contribution in [0.4, 0.5) is 0 Å². The van der Waals surface area contributed by atoms with Gasteiger partial charge in [-0.15, -0.1) is 0 Å². The predicted octanol–water partition coefficient (Wildman–Crippen LogP) is 5.29. The molecule has 6 nitrogen and oxygen atoms in total. The van der Waals surface area contributed by atoms with E-state index in [0.717, 1.165) is 12.1 Å². The van der Waals surface area contributed by atoms with Crippen LogP contribution in [0.5, 0.6) is 0 Å². The van der Waals surface area contributed by atoms with Gasteiger partial charge < -0.3 is 9.73 Å². The number of hydrogen-bond acceptors (Lipinski definition) is 5. The second kappa shape index (κ2) is 10.1. The van der Waals surface area contributed by atoms with Gasteiger partial charge in [0.1, 0.15) is 5.76 Å². The highest BCUT2D eigenvalue weighted by Gasteiger charge is 2.20. The van der Waals surface area contributed by atoms with Crippen LogP contribution in [-0.2, 0) is 11.3 Å². The van der Waals surface area contributed by atoms with E-state index in [0.29, 0.717) is 34.3 Å². The van der Waals surface area contributed by atoms with Gasteiger partial charge in [0, 0.05) is 0 Å². The van der Waals surface area contributed by atoms with Gasteiger partial charge in [0.2, 0.25) is 5.91 Å². The molecule has 1 N–H and O–H groups in total. The van der Waals surface area contributed by atoms with Crippen molar-refractivity contribution in [3.05, 3.63) is 88.6 Å². The van der Waals surface area contributed by atoms with Crippen LogP contribution in [0.1, 0.15) is 44.4 Å². The average Bonchev–Trinajstić information content (AvgIpc) is 3.36. The lowest BCUT2D eigenvalue weighted by Gasteiger charge is -2.17. The molecule has 7 heteroatoms. The lowest BCUT2D eigenvalue weighted by Crippen LogP contribution is -2.31. The molecule has 170 valence electrons. The topological polar surface area (TPSA) is 77.1 Å². The van der Waals surface area contributed by atoms with Gasteiger partial charge in [-0.05, 0) is 61.2 Å². The number of fused-ring (bicyclic) bond motifs is 1. The van der Waals surface area contributed by atoms with E-state index in [1.807, 2.05) is 36.4 Å². The summed E-state index contributed by atoms with van der Waals surface area (Å²) in [7, 11) is 0. The molecule has 0 aliphatic carbocycles. The molecule has 4 aromatic rings. The normalized spacial score (nSPS) is 13.1. The lowest BCUT2D eigenvalue weighted by molar-refractivity contribution is -0.120. The third kappa shape index (κ3) is 5.03. The maximum absolute atomic E-state index is 13.5. The van der Waals surface area contributed by atoms with Crippen molar-refractivity contribution < 1.29 is 9.21 Å². The van der Waals surface area contributed by atoms with Crippen molar-refractivity contribution in [2.75, 3.05) is 0 Å². The SMILES string of the molecule is CCC(C)c1ccc(-n2c(SC(C)C(=O)NCc3ccco3)nc3ccccc3c2=O)cc1. The Morgan fingerprint density at radius 3 is 2.55 bits per heavy atom. The zero-order valence-corrected chi connectivity index (χ0v) is 19.8. The number of benzene rings is 2. The van der Waals surface area contributed by atoms with Gasteiger partial charge in [-0.3, -0.25) is 14.2 Å². The van der Waals surface area contributed by atoms with E-state index >= 15 is 0 Å². The number of amides is 1. The van der Waals surface area contributed by atoms with Gasteiger partial charge in [-0.25, -0.2) is 4.98 Å². The third-order valence-corrected chi connectivity index (χ3v) is 6.80. The van der Waals surface area contributed by atoms with Gasteiger partial charge in [-0.2, -0.15) is 0 Å². The number of aromatic nitrogens is 2. The molecule has 0 aliphatic rings. The van der Waals surface area contributed by atoms with Crippen LogP contribution in [0.25, 0.3) is 16.6 Å². The van der Waals surface area contributed by atoms with Gasteiger partial charge in [-0.1, -0.05) is 49.9 Å². The maximum Gasteiger partial charge on any atom is 0.266 e. The van der Waals surface area contributed by atoms with E-state index in [-0.39, 0.29) is 11.5 Å². The highest BCUT2D eigenvalue weighted by molar-refractivity contribution is 8.00. The highest BCUT2D eigenvalue weighted by atomic mass is 32.2. The van der Waals surface area contributed by atoms with Crippen molar-refractivity contribution in [1.82, 2.24) is 14.9 Å².